The molecule has 0 saturated heterocycles. The molecule has 10 heteroatoms. The molecule has 220 valence electrons. The van der Waals surface area contributed by atoms with Crippen molar-refractivity contribution in [2.45, 2.75) is 12.8 Å². The van der Waals surface area contributed by atoms with E-state index < -0.39 is 0 Å². The Labute approximate surface area is 245 Å². The van der Waals surface area contributed by atoms with E-state index in [0.29, 0.717) is 49.6 Å². The van der Waals surface area contributed by atoms with Gasteiger partial charge in [-0.3, -0.25) is 0 Å². The number of ether oxygens (including phenoxy) is 4. The normalized spacial score (nSPS) is 13.0. The Bertz CT molecular complexity index is 1550. The van der Waals surface area contributed by atoms with Crippen LogP contribution in [0.25, 0.3) is 44.8 Å². The molecule has 0 fully saturated rings. The first-order valence-electron chi connectivity index (χ1n) is 14.4. The van der Waals surface area contributed by atoms with E-state index >= 15 is 0 Å². The summed E-state index contributed by atoms with van der Waals surface area (Å²) in [5.41, 5.74) is 5.20. The van der Waals surface area contributed by atoms with E-state index in [9.17, 15) is 0 Å². The Morgan fingerprint density at radius 1 is 0.667 bits per heavy atom. The number of H-pyrrole nitrogens is 2. The van der Waals surface area contributed by atoms with E-state index in [2.05, 4.69) is 48.0 Å². The minimum absolute atomic E-state index is 0.462. The third-order valence-corrected chi connectivity index (χ3v) is 7.14. The topological polar surface area (TPSA) is 101 Å². The maximum absolute atomic E-state index is 6.16. The number of fused-ring (bicyclic) bond motifs is 3. The number of nitrogens with one attached hydrogen (secondary N) is 2. The van der Waals surface area contributed by atoms with Crippen LogP contribution in [0.1, 0.15) is 12.8 Å². The molecule has 0 bridgehead atoms. The molecule has 2 aromatic heterocycles. The third-order valence-electron chi connectivity index (χ3n) is 7.14. The summed E-state index contributed by atoms with van der Waals surface area (Å²) in [5, 5.41) is 0. The van der Waals surface area contributed by atoms with E-state index in [4.69, 9.17) is 28.9 Å². The summed E-state index contributed by atoms with van der Waals surface area (Å²) < 4.78 is 24.2. The highest BCUT2D eigenvalue weighted by Gasteiger charge is 2.25. The molecule has 0 amide bonds. The SMILES string of the molecule is CN(C)CCCOc1ccc2[nH]c(-c3ccc(-c4nc5cc(OCCCN(C)C)ccc5[nH]4)c4c3OCCO4)nc2c1. The van der Waals surface area contributed by atoms with Crippen LogP contribution in [-0.4, -0.2) is 97.4 Å². The largest absolute Gasteiger partial charge is 0.493 e. The zero-order valence-electron chi connectivity index (χ0n) is 24.7. The molecule has 3 heterocycles. The number of hydrogen-bond donors (Lipinski definition) is 2. The zero-order chi connectivity index (χ0) is 29.1. The summed E-state index contributed by atoms with van der Waals surface area (Å²) in [6, 6.07) is 15.9. The van der Waals surface area contributed by atoms with Gasteiger partial charge in [-0.25, -0.2) is 9.97 Å². The van der Waals surface area contributed by atoms with E-state index in [0.717, 1.165) is 70.6 Å². The van der Waals surface area contributed by atoms with Crippen molar-refractivity contribution in [2.75, 3.05) is 67.7 Å². The molecule has 0 unspecified atom stereocenters. The Kier molecular flexibility index (Phi) is 8.16. The first-order chi connectivity index (χ1) is 20.4. The van der Waals surface area contributed by atoms with Gasteiger partial charge in [-0.05, 0) is 77.4 Å². The van der Waals surface area contributed by atoms with E-state index in [1.807, 2.05) is 48.5 Å². The minimum Gasteiger partial charge on any atom is -0.493 e. The highest BCUT2D eigenvalue weighted by Crippen LogP contribution is 2.45. The Morgan fingerprint density at radius 2 is 1.12 bits per heavy atom. The monoisotopic (exact) mass is 570 g/mol. The van der Waals surface area contributed by atoms with Crippen molar-refractivity contribution in [1.82, 2.24) is 29.7 Å². The van der Waals surface area contributed by atoms with Gasteiger partial charge in [0.15, 0.2) is 11.5 Å². The maximum Gasteiger partial charge on any atom is 0.173 e. The van der Waals surface area contributed by atoms with Gasteiger partial charge in [0.25, 0.3) is 0 Å². The van der Waals surface area contributed by atoms with Crippen LogP contribution < -0.4 is 18.9 Å². The van der Waals surface area contributed by atoms with Crippen LogP contribution in [0.4, 0.5) is 0 Å². The van der Waals surface area contributed by atoms with Crippen molar-refractivity contribution >= 4 is 22.1 Å². The lowest BCUT2D eigenvalue weighted by Crippen LogP contribution is -2.17. The summed E-state index contributed by atoms with van der Waals surface area (Å²) in [5.74, 6) is 4.35. The molecule has 6 rings (SSSR count). The average molecular weight is 571 g/mol. The molecule has 0 aliphatic carbocycles. The third kappa shape index (κ3) is 6.14. The molecule has 0 radical (unpaired) electrons. The Hall–Kier alpha value is -4.28. The fraction of sp³-hybridized carbons (Fsp3) is 0.375. The first kappa shape index (κ1) is 27.9. The Morgan fingerprint density at radius 3 is 1.55 bits per heavy atom. The van der Waals surface area contributed by atoms with Gasteiger partial charge in [0.1, 0.15) is 36.4 Å². The maximum atomic E-state index is 6.16. The lowest BCUT2D eigenvalue weighted by molar-refractivity contribution is 0.173. The predicted molar refractivity (Wildman–Crippen MR) is 165 cm³/mol. The molecule has 0 atom stereocenters. The van der Waals surface area contributed by atoms with Gasteiger partial charge >= 0.3 is 0 Å². The number of aromatic nitrogens is 4. The van der Waals surface area contributed by atoms with Crippen LogP contribution in [0.15, 0.2) is 48.5 Å². The number of hydrogen-bond acceptors (Lipinski definition) is 8. The summed E-state index contributed by atoms with van der Waals surface area (Å²) in [4.78, 5) is 20.9. The lowest BCUT2D eigenvalue weighted by atomic mass is 10.1. The van der Waals surface area contributed by atoms with E-state index in [1.165, 1.54) is 0 Å². The van der Waals surface area contributed by atoms with Gasteiger partial charge in [-0.2, -0.15) is 0 Å². The second kappa shape index (κ2) is 12.3. The van der Waals surface area contributed by atoms with Crippen molar-refractivity contribution in [1.29, 1.82) is 0 Å². The lowest BCUT2D eigenvalue weighted by Gasteiger charge is -2.22. The highest BCUT2D eigenvalue weighted by atomic mass is 16.6. The molecule has 0 saturated carbocycles. The smallest absolute Gasteiger partial charge is 0.173 e. The van der Waals surface area contributed by atoms with E-state index in [1.54, 1.807) is 0 Å². The fourth-order valence-corrected chi connectivity index (χ4v) is 5.06. The second-order valence-corrected chi connectivity index (χ2v) is 11.1. The van der Waals surface area contributed by atoms with Crippen LogP contribution in [0, 0.1) is 0 Å². The Balaban J connectivity index is 1.25. The molecule has 2 N–H and O–H groups in total. The molecule has 1 aliphatic heterocycles. The van der Waals surface area contributed by atoms with Gasteiger partial charge < -0.3 is 38.7 Å². The summed E-state index contributed by atoms with van der Waals surface area (Å²) in [7, 11) is 8.26. The zero-order valence-corrected chi connectivity index (χ0v) is 24.7. The van der Waals surface area contributed by atoms with E-state index in [-0.39, 0.29) is 0 Å². The fourth-order valence-electron chi connectivity index (χ4n) is 5.06. The van der Waals surface area contributed by atoms with Crippen molar-refractivity contribution in [3.8, 4) is 45.8 Å². The minimum atomic E-state index is 0.462. The first-order valence-corrected chi connectivity index (χ1v) is 14.4. The molecule has 5 aromatic rings. The number of imidazole rings is 2. The van der Waals surface area contributed by atoms with Gasteiger partial charge in [-0.1, -0.05) is 0 Å². The number of rotatable bonds is 12. The highest BCUT2D eigenvalue weighted by molar-refractivity contribution is 5.87. The number of aromatic amines is 2. The van der Waals surface area contributed by atoms with Gasteiger partial charge in [0, 0.05) is 25.2 Å². The molecule has 3 aromatic carbocycles. The van der Waals surface area contributed by atoms with Gasteiger partial charge in [-0.15, -0.1) is 0 Å². The average Bonchev–Trinajstić information content (AvgIpc) is 3.60. The van der Waals surface area contributed by atoms with Crippen molar-refractivity contribution < 1.29 is 18.9 Å². The van der Waals surface area contributed by atoms with Crippen LogP contribution in [0.3, 0.4) is 0 Å². The number of nitrogens with zero attached hydrogens (tertiary/aromatic N) is 4. The molecular formula is C32H38N6O4. The summed E-state index contributed by atoms with van der Waals surface area (Å²) >= 11 is 0. The van der Waals surface area contributed by atoms with Crippen LogP contribution in [-0.2, 0) is 0 Å². The van der Waals surface area contributed by atoms with Gasteiger partial charge in [0.2, 0.25) is 0 Å². The summed E-state index contributed by atoms with van der Waals surface area (Å²) in [6.45, 7) is 4.21. The quantitative estimate of drug-likeness (QED) is 0.197. The van der Waals surface area contributed by atoms with Crippen LogP contribution in [0.5, 0.6) is 23.0 Å². The number of benzene rings is 3. The molecular weight excluding hydrogens is 532 g/mol. The molecule has 1 aliphatic rings. The standard InChI is InChI=1S/C32H38N6O4/c1-37(2)13-5-15-39-21-7-11-25-27(19-21)35-31(33-25)23-9-10-24(30-29(23)41-17-18-42-30)32-34-26-12-8-22(20-28(26)36-32)40-16-6-14-38(3)4/h7-12,19-20H,5-6,13-18H2,1-4H3,(H,33,35)(H,34,36). The molecule has 10 nitrogen and oxygen atoms in total. The van der Waals surface area contributed by atoms with Crippen LogP contribution in [0.2, 0.25) is 0 Å². The van der Waals surface area contributed by atoms with Crippen molar-refractivity contribution in [3.05, 3.63) is 48.5 Å². The molecule has 0 spiro atoms. The summed E-state index contributed by atoms with van der Waals surface area (Å²) in [6.07, 6.45) is 1.92. The second-order valence-electron chi connectivity index (χ2n) is 11.1. The van der Waals surface area contributed by atoms with Gasteiger partial charge in [0.05, 0.1) is 46.4 Å². The van der Waals surface area contributed by atoms with Crippen molar-refractivity contribution in [2.24, 2.45) is 0 Å². The predicted octanol–water partition coefficient (Wildman–Crippen LogP) is 5.21. The molecule has 42 heavy (non-hydrogen) atoms. The van der Waals surface area contributed by atoms with Crippen molar-refractivity contribution in [3.63, 3.8) is 0 Å². The van der Waals surface area contributed by atoms with Crippen LogP contribution >= 0.6 is 0 Å².